The molecule has 1 heteroatoms. The summed E-state index contributed by atoms with van der Waals surface area (Å²) < 4.78 is 0. The molecule has 0 aliphatic carbocycles. The van der Waals surface area contributed by atoms with Crippen LogP contribution in [0, 0.1) is 0 Å². The second-order valence-electron chi connectivity index (χ2n) is 5.08. The van der Waals surface area contributed by atoms with Crippen molar-refractivity contribution in [3.05, 3.63) is 103 Å². The molecule has 3 aromatic rings. The lowest BCUT2D eigenvalue weighted by atomic mass is 10.2. The van der Waals surface area contributed by atoms with Gasteiger partial charge in [-0.1, -0.05) is 85.8 Å². The Hall–Kier alpha value is -2.80. The van der Waals surface area contributed by atoms with Crippen molar-refractivity contribution in [1.82, 2.24) is 0 Å². The average molecular weight is 301 g/mol. The van der Waals surface area contributed by atoms with E-state index in [0.717, 1.165) is 17.8 Å². The fraction of sp³-hybridized carbons (Fsp3) is 0.0909. The van der Waals surface area contributed by atoms with E-state index in [0.29, 0.717) is 0 Å². The van der Waals surface area contributed by atoms with E-state index in [9.17, 15) is 0 Å². The van der Waals surface area contributed by atoms with Gasteiger partial charge in [-0.05, 0) is 36.2 Å². The van der Waals surface area contributed by atoms with Gasteiger partial charge in [-0.3, -0.25) is 0 Å². The Morgan fingerprint density at radius 1 is 0.652 bits per heavy atom. The number of para-hydroxylation sites is 2. The molecule has 0 unspecified atom stereocenters. The molecule has 1 N–H and O–H groups in total. The molecule has 0 atom stereocenters. The maximum atomic E-state index is 3.30. The van der Waals surface area contributed by atoms with Gasteiger partial charge in [-0.15, -0.1) is 0 Å². The lowest BCUT2D eigenvalue weighted by molar-refractivity contribution is 1.23. The summed E-state index contributed by atoms with van der Waals surface area (Å²) in [5.74, 6) is 0. The first kappa shape index (κ1) is 16.6. The molecule has 0 radical (unpaired) electrons. The number of hydrogen-bond donors (Lipinski definition) is 1. The summed E-state index contributed by atoms with van der Waals surface area (Å²) in [5, 5.41) is 3.30. The van der Waals surface area contributed by atoms with Crippen LogP contribution in [0.25, 0.3) is 6.08 Å². The highest BCUT2D eigenvalue weighted by molar-refractivity contribution is 5.58. The van der Waals surface area contributed by atoms with Crippen molar-refractivity contribution in [2.45, 2.75) is 13.3 Å². The SMILES string of the molecule is CCC=Cc1ccccc1.c1ccc(Nc2ccccc2)cc1. The smallest absolute Gasteiger partial charge is 0.0384 e. The quantitative estimate of drug-likeness (QED) is 0.577. The van der Waals surface area contributed by atoms with Crippen LogP contribution in [0.5, 0.6) is 0 Å². The van der Waals surface area contributed by atoms with Gasteiger partial charge < -0.3 is 5.32 Å². The summed E-state index contributed by atoms with van der Waals surface area (Å²) in [6.07, 6.45) is 5.41. The number of nitrogens with one attached hydrogen (secondary N) is 1. The molecule has 116 valence electrons. The summed E-state index contributed by atoms with van der Waals surface area (Å²) in [5.41, 5.74) is 3.52. The normalized spacial score (nSPS) is 9.96. The van der Waals surface area contributed by atoms with E-state index in [1.54, 1.807) is 0 Å². The van der Waals surface area contributed by atoms with Gasteiger partial charge in [0.25, 0.3) is 0 Å². The molecule has 0 saturated heterocycles. The molecule has 0 aliphatic heterocycles. The predicted octanol–water partition coefficient (Wildman–Crippen LogP) is 6.54. The third kappa shape index (κ3) is 6.66. The second-order valence-corrected chi connectivity index (χ2v) is 5.08. The Bertz CT molecular complexity index is 635. The fourth-order valence-corrected chi connectivity index (χ4v) is 2.03. The highest BCUT2D eigenvalue weighted by atomic mass is 14.9. The molecule has 1 nitrogen and oxygen atoms in total. The molecule has 0 aromatic heterocycles. The lowest BCUT2D eigenvalue weighted by Crippen LogP contribution is -1.87. The molecule has 0 fully saturated rings. The minimum atomic E-state index is 1.11. The molecule has 0 amide bonds. The van der Waals surface area contributed by atoms with E-state index in [-0.39, 0.29) is 0 Å². The molecule has 3 rings (SSSR count). The lowest BCUT2D eigenvalue weighted by Gasteiger charge is -2.04. The molecule has 3 aromatic carbocycles. The number of hydrogen-bond acceptors (Lipinski definition) is 1. The van der Waals surface area contributed by atoms with Gasteiger partial charge in [0.2, 0.25) is 0 Å². The Labute approximate surface area is 139 Å². The van der Waals surface area contributed by atoms with Crippen molar-refractivity contribution in [2.24, 2.45) is 0 Å². The van der Waals surface area contributed by atoms with Gasteiger partial charge >= 0.3 is 0 Å². The van der Waals surface area contributed by atoms with Gasteiger partial charge in [0.05, 0.1) is 0 Å². The zero-order valence-electron chi connectivity index (χ0n) is 13.5. The van der Waals surface area contributed by atoms with Crippen molar-refractivity contribution >= 4 is 17.5 Å². The molecule has 0 saturated carbocycles. The Morgan fingerprint density at radius 3 is 1.52 bits per heavy atom. The van der Waals surface area contributed by atoms with Crippen LogP contribution in [0.4, 0.5) is 11.4 Å². The molecule has 0 bridgehead atoms. The molecule has 23 heavy (non-hydrogen) atoms. The van der Waals surface area contributed by atoms with E-state index in [4.69, 9.17) is 0 Å². The third-order valence-electron chi connectivity index (χ3n) is 3.18. The van der Waals surface area contributed by atoms with Crippen LogP contribution in [0.1, 0.15) is 18.9 Å². The van der Waals surface area contributed by atoms with Crippen molar-refractivity contribution in [1.29, 1.82) is 0 Å². The Morgan fingerprint density at radius 2 is 1.09 bits per heavy atom. The topological polar surface area (TPSA) is 12.0 Å². The minimum absolute atomic E-state index is 1.11. The Balaban J connectivity index is 0.000000174. The zero-order valence-corrected chi connectivity index (χ0v) is 13.5. The summed E-state index contributed by atoms with van der Waals surface area (Å²) in [6, 6.07) is 30.6. The minimum Gasteiger partial charge on any atom is -0.356 e. The van der Waals surface area contributed by atoms with Crippen molar-refractivity contribution in [3.63, 3.8) is 0 Å². The van der Waals surface area contributed by atoms with Gasteiger partial charge in [-0.2, -0.15) is 0 Å². The molecular formula is C22H23N. The van der Waals surface area contributed by atoms with E-state index >= 15 is 0 Å². The van der Waals surface area contributed by atoms with E-state index in [1.807, 2.05) is 66.7 Å². The van der Waals surface area contributed by atoms with Crippen LogP contribution in [0.3, 0.4) is 0 Å². The first-order valence-electron chi connectivity index (χ1n) is 7.97. The molecular weight excluding hydrogens is 278 g/mol. The first-order valence-corrected chi connectivity index (χ1v) is 7.97. The maximum absolute atomic E-state index is 3.30. The van der Waals surface area contributed by atoms with Crippen LogP contribution in [-0.4, -0.2) is 0 Å². The van der Waals surface area contributed by atoms with Crippen LogP contribution in [-0.2, 0) is 0 Å². The average Bonchev–Trinajstić information content (AvgIpc) is 2.63. The van der Waals surface area contributed by atoms with E-state index < -0.39 is 0 Å². The van der Waals surface area contributed by atoms with Crippen molar-refractivity contribution in [2.75, 3.05) is 5.32 Å². The monoisotopic (exact) mass is 301 g/mol. The highest BCUT2D eigenvalue weighted by Crippen LogP contribution is 2.14. The van der Waals surface area contributed by atoms with Crippen LogP contribution in [0.15, 0.2) is 97.1 Å². The zero-order chi connectivity index (χ0) is 16.2. The second kappa shape index (κ2) is 10.0. The Kier molecular flexibility index (Phi) is 7.21. The summed E-state index contributed by atoms with van der Waals surface area (Å²) in [6.45, 7) is 2.14. The van der Waals surface area contributed by atoms with Gasteiger partial charge in [0.15, 0.2) is 0 Å². The predicted molar refractivity (Wildman–Crippen MR) is 102 cm³/mol. The van der Waals surface area contributed by atoms with Gasteiger partial charge in [0.1, 0.15) is 0 Å². The van der Waals surface area contributed by atoms with Crippen LogP contribution < -0.4 is 5.32 Å². The summed E-state index contributed by atoms with van der Waals surface area (Å²) >= 11 is 0. The van der Waals surface area contributed by atoms with Crippen LogP contribution >= 0.6 is 0 Å². The standard InChI is InChI=1S/C12H11N.C10H12/c1-3-7-11(8-4-1)13-12-9-5-2-6-10-12;1-2-3-7-10-8-5-4-6-9-10/h1-10,13H;3-9H,2H2,1H3. The number of benzene rings is 3. The maximum Gasteiger partial charge on any atom is 0.0384 e. The highest BCUT2D eigenvalue weighted by Gasteiger charge is 1.89. The van der Waals surface area contributed by atoms with Gasteiger partial charge in [-0.25, -0.2) is 0 Å². The van der Waals surface area contributed by atoms with Crippen molar-refractivity contribution in [3.8, 4) is 0 Å². The number of allylic oxidation sites excluding steroid dienone is 1. The van der Waals surface area contributed by atoms with Gasteiger partial charge in [0, 0.05) is 11.4 Å². The summed E-state index contributed by atoms with van der Waals surface area (Å²) in [4.78, 5) is 0. The van der Waals surface area contributed by atoms with E-state index in [1.165, 1.54) is 5.56 Å². The largest absolute Gasteiger partial charge is 0.356 e. The number of rotatable bonds is 4. The van der Waals surface area contributed by atoms with Crippen molar-refractivity contribution < 1.29 is 0 Å². The molecule has 0 heterocycles. The summed E-state index contributed by atoms with van der Waals surface area (Å²) in [7, 11) is 0. The molecule has 0 aliphatic rings. The first-order chi connectivity index (χ1) is 11.4. The number of anilines is 2. The molecule has 0 spiro atoms. The van der Waals surface area contributed by atoms with E-state index in [2.05, 4.69) is 48.7 Å². The van der Waals surface area contributed by atoms with Crippen LogP contribution in [0.2, 0.25) is 0 Å². The third-order valence-corrected chi connectivity index (χ3v) is 3.18. The fourth-order valence-electron chi connectivity index (χ4n) is 2.03.